The van der Waals surface area contributed by atoms with Crippen LogP contribution in [0, 0.1) is 11.3 Å². The number of thioether (sulfide) groups is 1. The van der Waals surface area contributed by atoms with Crippen LogP contribution in [0.25, 0.3) is 22.4 Å². The minimum absolute atomic E-state index is 0.159. The number of pyridine rings is 2. The first-order chi connectivity index (χ1) is 17.6. The zero-order chi connectivity index (χ0) is 25.3. The van der Waals surface area contributed by atoms with Crippen molar-refractivity contribution >= 4 is 23.5 Å². The van der Waals surface area contributed by atoms with Gasteiger partial charge in [0.05, 0.1) is 25.5 Å². The number of carbonyl (C=O) groups excluding carboxylic acids is 1. The van der Waals surface area contributed by atoms with Crippen molar-refractivity contribution < 1.29 is 14.3 Å². The van der Waals surface area contributed by atoms with Crippen molar-refractivity contribution in [2.45, 2.75) is 11.4 Å². The Morgan fingerprint density at radius 2 is 1.81 bits per heavy atom. The number of hydrogen-bond acceptors (Lipinski definition) is 7. The molecule has 0 atom stereocenters. The van der Waals surface area contributed by atoms with Crippen molar-refractivity contribution in [3.63, 3.8) is 0 Å². The Morgan fingerprint density at radius 1 is 1.00 bits per heavy atom. The highest BCUT2D eigenvalue weighted by molar-refractivity contribution is 7.99. The summed E-state index contributed by atoms with van der Waals surface area (Å²) in [5.41, 5.74) is 3.45. The highest BCUT2D eigenvalue weighted by atomic mass is 32.2. The maximum absolute atomic E-state index is 12.4. The number of carbonyl (C=O) groups is 1. The van der Waals surface area contributed by atoms with Crippen molar-refractivity contribution in [1.29, 1.82) is 5.26 Å². The van der Waals surface area contributed by atoms with Gasteiger partial charge in [0.25, 0.3) is 0 Å². The molecule has 0 aliphatic heterocycles. The molecule has 0 unspecified atom stereocenters. The van der Waals surface area contributed by atoms with E-state index in [4.69, 9.17) is 14.5 Å². The minimum Gasteiger partial charge on any atom is -0.497 e. The second kappa shape index (κ2) is 11.9. The maximum atomic E-state index is 12.4. The first-order valence-electron chi connectivity index (χ1n) is 11.2. The van der Waals surface area contributed by atoms with Crippen molar-refractivity contribution in [3.8, 4) is 40.0 Å². The van der Waals surface area contributed by atoms with E-state index >= 15 is 0 Å². The van der Waals surface area contributed by atoms with Crippen LogP contribution in [-0.2, 0) is 4.79 Å². The van der Waals surface area contributed by atoms with Crippen LogP contribution in [0.4, 0.5) is 5.82 Å². The molecule has 8 heteroatoms. The fourth-order valence-electron chi connectivity index (χ4n) is 3.61. The number of anilines is 1. The lowest BCUT2D eigenvalue weighted by molar-refractivity contribution is -0.115. The highest BCUT2D eigenvalue weighted by Crippen LogP contribution is 2.40. The van der Waals surface area contributed by atoms with Crippen molar-refractivity contribution in [2.24, 2.45) is 0 Å². The molecule has 0 aliphatic rings. The van der Waals surface area contributed by atoms with E-state index in [1.165, 1.54) is 11.8 Å². The van der Waals surface area contributed by atoms with Crippen LogP contribution in [0.2, 0.25) is 0 Å². The first kappa shape index (κ1) is 24.8. The Balaban J connectivity index is 1.70. The zero-order valence-electron chi connectivity index (χ0n) is 19.9. The largest absolute Gasteiger partial charge is 0.497 e. The van der Waals surface area contributed by atoms with Gasteiger partial charge in [0.1, 0.15) is 28.4 Å². The lowest BCUT2D eigenvalue weighted by Gasteiger charge is -2.15. The standard InChI is InChI=1S/C28H24N4O3S/c1-34-20-11-12-25(35-2)22(16-20)21-17-24(19-8-4-3-5-9-19)31-28(23(21)18-29)36-15-13-27(33)32-26-10-6-7-14-30-26/h3-12,14,16-17H,13,15H2,1-2H3,(H,30,32,33). The summed E-state index contributed by atoms with van der Waals surface area (Å²) in [4.78, 5) is 21.3. The lowest BCUT2D eigenvalue weighted by atomic mass is 9.98. The van der Waals surface area contributed by atoms with E-state index in [2.05, 4.69) is 16.4 Å². The second-order valence-corrected chi connectivity index (χ2v) is 8.72. The smallest absolute Gasteiger partial charge is 0.226 e. The molecule has 0 bridgehead atoms. The molecule has 4 rings (SSSR count). The highest BCUT2D eigenvalue weighted by Gasteiger charge is 2.19. The van der Waals surface area contributed by atoms with E-state index in [0.717, 1.165) is 16.8 Å². The molecule has 0 saturated heterocycles. The number of nitrogens with one attached hydrogen (secondary N) is 1. The first-order valence-corrected chi connectivity index (χ1v) is 12.2. The average Bonchev–Trinajstić information content (AvgIpc) is 2.93. The van der Waals surface area contributed by atoms with Crippen molar-refractivity contribution in [1.82, 2.24) is 9.97 Å². The molecule has 0 aliphatic carbocycles. The molecular formula is C28H24N4O3S. The summed E-state index contributed by atoms with van der Waals surface area (Å²) in [7, 11) is 3.18. The fraction of sp³-hybridized carbons (Fsp3) is 0.143. The van der Waals surface area contributed by atoms with Crippen LogP contribution in [0.1, 0.15) is 12.0 Å². The van der Waals surface area contributed by atoms with Gasteiger partial charge in [-0.2, -0.15) is 5.26 Å². The summed E-state index contributed by atoms with van der Waals surface area (Å²) < 4.78 is 11.0. The quantitative estimate of drug-likeness (QED) is 0.292. The van der Waals surface area contributed by atoms with Gasteiger partial charge in [0, 0.05) is 35.1 Å². The third-order valence-electron chi connectivity index (χ3n) is 5.36. The number of methoxy groups -OCH3 is 2. The van der Waals surface area contributed by atoms with Crippen LogP contribution >= 0.6 is 11.8 Å². The van der Waals surface area contributed by atoms with E-state index in [1.807, 2.05) is 60.7 Å². The number of rotatable bonds is 9. The van der Waals surface area contributed by atoms with E-state index < -0.39 is 0 Å². The lowest BCUT2D eigenvalue weighted by Crippen LogP contribution is -2.13. The number of hydrogen-bond donors (Lipinski definition) is 1. The SMILES string of the molecule is COc1ccc(OC)c(-c2cc(-c3ccccc3)nc(SCCC(=O)Nc3ccccn3)c2C#N)c1. The Morgan fingerprint density at radius 3 is 2.50 bits per heavy atom. The molecule has 7 nitrogen and oxygen atoms in total. The summed E-state index contributed by atoms with van der Waals surface area (Å²) in [6.07, 6.45) is 1.86. The summed E-state index contributed by atoms with van der Waals surface area (Å²) in [6.45, 7) is 0. The van der Waals surface area contributed by atoms with Crippen LogP contribution < -0.4 is 14.8 Å². The minimum atomic E-state index is -0.159. The Hall–Kier alpha value is -4.35. The maximum Gasteiger partial charge on any atom is 0.226 e. The fourth-order valence-corrected chi connectivity index (χ4v) is 4.55. The molecule has 0 spiro atoms. The molecule has 2 aromatic heterocycles. The van der Waals surface area contributed by atoms with Gasteiger partial charge in [-0.3, -0.25) is 4.79 Å². The monoisotopic (exact) mass is 496 g/mol. The predicted octanol–water partition coefficient (Wildman–Crippen LogP) is 5.82. The molecule has 4 aromatic rings. The molecule has 1 amide bonds. The van der Waals surface area contributed by atoms with Gasteiger partial charge >= 0.3 is 0 Å². The van der Waals surface area contributed by atoms with E-state index in [1.54, 1.807) is 32.5 Å². The average molecular weight is 497 g/mol. The molecule has 2 heterocycles. The number of ether oxygens (including phenoxy) is 2. The molecule has 36 heavy (non-hydrogen) atoms. The second-order valence-electron chi connectivity index (χ2n) is 7.64. The summed E-state index contributed by atoms with van der Waals surface area (Å²) in [5, 5.41) is 13.5. The van der Waals surface area contributed by atoms with E-state index in [9.17, 15) is 10.1 Å². The Kier molecular flexibility index (Phi) is 8.16. The molecule has 0 fully saturated rings. The predicted molar refractivity (Wildman–Crippen MR) is 141 cm³/mol. The number of nitrogens with zero attached hydrogens (tertiary/aromatic N) is 3. The van der Waals surface area contributed by atoms with E-state index in [0.29, 0.717) is 39.2 Å². The third-order valence-corrected chi connectivity index (χ3v) is 6.34. The Bertz CT molecular complexity index is 1390. The Labute approximate surface area is 214 Å². The molecule has 0 radical (unpaired) electrons. The van der Waals surface area contributed by atoms with Gasteiger partial charge in [0.15, 0.2) is 0 Å². The summed E-state index contributed by atoms with van der Waals surface area (Å²) in [5.74, 6) is 2.04. The molecule has 0 saturated carbocycles. The van der Waals surface area contributed by atoms with Crippen molar-refractivity contribution in [3.05, 3.63) is 84.6 Å². The summed E-state index contributed by atoms with van der Waals surface area (Å²) in [6, 6.07) is 24.8. The van der Waals surface area contributed by atoms with Crippen LogP contribution in [0.15, 0.2) is 84.0 Å². The van der Waals surface area contributed by atoms with Gasteiger partial charge in [-0.05, 0) is 36.4 Å². The topological polar surface area (TPSA) is 97.1 Å². The van der Waals surface area contributed by atoms with Gasteiger partial charge in [-0.1, -0.05) is 36.4 Å². The summed E-state index contributed by atoms with van der Waals surface area (Å²) >= 11 is 1.36. The normalized spacial score (nSPS) is 10.4. The van der Waals surface area contributed by atoms with E-state index in [-0.39, 0.29) is 12.3 Å². The zero-order valence-corrected chi connectivity index (χ0v) is 20.7. The molecule has 2 aromatic carbocycles. The number of amides is 1. The van der Waals surface area contributed by atoms with Gasteiger partial charge in [-0.25, -0.2) is 9.97 Å². The number of aromatic nitrogens is 2. The molecular weight excluding hydrogens is 472 g/mol. The van der Waals surface area contributed by atoms with Crippen molar-refractivity contribution in [2.75, 3.05) is 25.3 Å². The van der Waals surface area contributed by atoms with Gasteiger partial charge in [0.2, 0.25) is 5.91 Å². The molecule has 180 valence electrons. The van der Waals surface area contributed by atoms with Crippen LogP contribution in [0.3, 0.4) is 0 Å². The number of nitriles is 1. The number of benzene rings is 2. The van der Waals surface area contributed by atoms with Crippen LogP contribution in [-0.4, -0.2) is 35.8 Å². The van der Waals surface area contributed by atoms with Crippen LogP contribution in [0.5, 0.6) is 11.5 Å². The third kappa shape index (κ3) is 5.82. The van der Waals surface area contributed by atoms with Gasteiger partial charge < -0.3 is 14.8 Å². The molecule has 1 N–H and O–H groups in total. The van der Waals surface area contributed by atoms with Gasteiger partial charge in [-0.15, -0.1) is 11.8 Å².